The average molecular weight is 280 g/mol. The number of hydrogen-bond acceptors (Lipinski definition) is 2. The van der Waals surface area contributed by atoms with Crippen molar-refractivity contribution in [1.29, 1.82) is 0 Å². The van der Waals surface area contributed by atoms with Crippen LogP contribution in [0, 0.1) is 17.8 Å². The molecule has 2 heteroatoms. The molecule has 0 aromatic heterocycles. The Morgan fingerprint density at radius 1 is 1.00 bits per heavy atom. The lowest BCUT2D eigenvalue weighted by atomic mass is 9.78. The Kier molecular flexibility index (Phi) is 5.92. The molecule has 1 saturated carbocycles. The van der Waals surface area contributed by atoms with Crippen LogP contribution in [0.2, 0.25) is 0 Å². The van der Waals surface area contributed by atoms with Crippen molar-refractivity contribution in [3.63, 3.8) is 0 Å². The highest BCUT2D eigenvalue weighted by Gasteiger charge is 2.38. The van der Waals surface area contributed by atoms with Gasteiger partial charge in [-0.1, -0.05) is 27.7 Å². The quantitative estimate of drug-likeness (QED) is 0.840. The van der Waals surface area contributed by atoms with E-state index < -0.39 is 0 Å². The minimum Gasteiger partial charge on any atom is -0.312 e. The first-order valence-corrected chi connectivity index (χ1v) is 9.02. The van der Waals surface area contributed by atoms with Gasteiger partial charge in [-0.25, -0.2) is 0 Å². The minimum absolute atomic E-state index is 0.728. The van der Waals surface area contributed by atoms with E-state index in [2.05, 4.69) is 44.8 Å². The van der Waals surface area contributed by atoms with E-state index in [1.807, 2.05) is 0 Å². The lowest BCUT2D eigenvalue weighted by Gasteiger charge is -2.50. The summed E-state index contributed by atoms with van der Waals surface area (Å²) in [7, 11) is 0. The van der Waals surface area contributed by atoms with Gasteiger partial charge in [0, 0.05) is 24.7 Å². The molecule has 1 N–H and O–H groups in total. The van der Waals surface area contributed by atoms with Crippen molar-refractivity contribution in [3.05, 3.63) is 0 Å². The summed E-state index contributed by atoms with van der Waals surface area (Å²) in [5.74, 6) is 2.62. The SMILES string of the molecule is CCCNC1CCC(C)CC1N1CC(C)CC(C)C1C. The van der Waals surface area contributed by atoms with Gasteiger partial charge in [0.1, 0.15) is 0 Å². The van der Waals surface area contributed by atoms with E-state index in [-0.39, 0.29) is 0 Å². The number of rotatable bonds is 4. The molecule has 0 radical (unpaired) electrons. The number of nitrogens with one attached hydrogen (secondary N) is 1. The molecular formula is C18H36N2. The molecule has 0 aromatic carbocycles. The number of hydrogen-bond donors (Lipinski definition) is 1. The third kappa shape index (κ3) is 3.76. The van der Waals surface area contributed by atoms with Gasteiger partial charge in [-0.2, -0.15) is 0 Å². The van der Waals surface area contributed by atoms with Crippen LogP contribution in [0.3, 0.4) is 0 Å². The maximum absolute atomic E-state index is 3.85. The van der Waals surface area contributed by atoms with E-state index in [0.717, 1.165) is 35.9 Å². The smallest absolute Gasteiger partial charge is 0.0254 e. The zero-order valence-electron chi connectivity index (χ0n) is 14.4. The fraction of sp³-hybridized carbons (Fsp3) is 1.00. The van der Waals surface area contributed by atoms with Crippen LogP contribution in [0.5, 0.6) is 0 Å². The van der Waals surface area contributed by atoms with Crippen molar-refractivity contribution >= 4 is 0 Å². The van der Waals surface area contributed by atoms with Crippen LogP contribution in [-0.2, 0) is 0 Å². The van der Waals surface area contributed by atoms with E-state index in [1.165, 1.54) is 45.2 Å². The number of piperidine rings is 1. The van der Waals surface area contributed by atoms with Gasteiger partial charge in [-0.3, -0.25) is 4.90 Å². The molecular weight excluding hydrogens is 244 g/mol. The van der Waals surface area contributed by atoms with E-state index in [0.29, 0.717) is 0 Å². The van der Waals surface area contributed by atoms with Crippen molar-refractivity contribution in [2.75, 3.05) is 13.1 Å². The van der Waals surface area contributed by atoms with Crippen LogP contribution in [0.4, 0.5) is 0 Å². The van der Waals surface area contributed by atoms with Gasteiger partial charge in [0.05, 0.1) is 0 Å². The summed E-state index contributed by atoms with van der Waals surface area (Å²) in [6.45, 7) is 14.6. The van der Waals surface area contributed by atoms with E-state index in [4.69, 9.17) is 0 Å². The van der Waals surface area contributed by atoms with E-state index in [1.54, 1.807) is 0 Å². The molecule has 2 fully saturated rings. The first-order chi connectivity index (χ1) is 9.52. The molecule has 6 atom stereocenters. The van der Waals surface area contributed by atoms with Gasteiger partial charge in [0.2, 0.25) is 0 Å². The van der Waals surface area contributed by atoms with Crippen LogP contribution < -0.4 is 5.32 Å². The third-order valence-corrected chi connectivity index (χ3v) is 5.80. The van der Waals surface area contributed by atoms with Crippen molar-refractivity contribution in [3.8, 4) is 0 Å². The van der Waals surface area contributed by atoms with Gasteiger partial charge < -0.3 is 5.32 Å². The minimum atomic E-state index is 0.728. The monoisotopic (exact) mass is 280 g/mol. The Bertz CT molecular complexity index is 289. The topological polar surface area (TPSA) is 15.3 Å². The molecule has 1 saturated heterocycles. The van der Waals surface area contributed by atoms with Crippen molar-refractivity contribution in [1.82, 2.24) is 10.2 Å². The summed E-state index contributed by atoms with van der Waals surface area (Å²) in [5, 5.41) is 3.85. The summed E-state index contributed by atoms with van der Waals surface area (Å²) >= 11 is 0. The third-order valence-electron chi connectivity index (χ3n) is 5.80. The highest BCUT2D eigenvalue weighted by atomic mass is 15.2. The standard InChI is InChI=1S/C18H36N2/c1-6-9-19-17-8-7-13(2)11-18(17)20-12-14(3)10-15(4)16(20)5/h13-19H,6-12H2,1-5H3. The normalized spacial score (nSPS) is 43.6. The van der Waals surface area contributed by atoms with Gasteiger partial charge >= 0.3 is 0 Å². The van der Waals surface area contributed by atoms with Crippen molar-refractivity contribution in [2.24, 2.45) is 17.8 Å². The largest absolute Gasteiger partial charge is 0.312 e. The van der Waals surface area contributed by atoms with E-state index in [9.17, 15) is 0 Å². The second-order valence-corrected chi connectivity index (χ2v) is 7.80. The summed E-state index contributed by atoms with van der Waals surface area (Å²) in [5.41, 5.74) is 0. The molecule has 1 aliphatic heterocycles. The molecule has 1 heterocycles. The maximum Gasteiger partial charge on any atom is 0.0254 e. The fourth-order valence-electron chi connectivity index (χ4n) is 4.48. The second kappa shape index (κ2) is 7.26. The van der Waals surface area contributed by atoms with Gasteiger partial charge in [-0.15, -0.1) is 0 Å². The average Bonchev–Trinajstić information content (AvgIpc) is 2.41. The lowest BCUT2D eigenvalue weighted by molar-refractivity contribution is 0.00286. The van der Waals surface area contributed by atoms with Crippen LogP contribution in [0.15, 0.2) is 0 Å². The molecule has 20 heavy (non-hydrogen) atoms. The van der Waals surface area contributed by atoms with Crippen LogP contribution in [-0.4, -0.2) is 36.1 Å². The summed E-state index contributed by atoms with van der Waals surface area (Å²) in [6.07, 6.45) is 6.84. The molecule has 118 valence electrons. The van der Waals surface area contributed by atoms with Gasteiger partial charge in [0.25, 0.3) is 0 Å². The Hall–Kier alpha value is -0.0800. The molecule has 2 nitrogen and oxygen atoms in total. The lowest BCUT2D eigenvalue weighted by Crippen LogP contribution is -2.59. The van der Waals surface area contributed by atoms with Crippen LogP contribution >= 0.6 is 0 Å². The van der Waals surface area contributed by atoms with Crippen LogP contribution in [0.1, 0.15) is 66.7 Å². The number of likely N-dealkylation sites (tertiary alicyclic amines) is 1. The van der Waals surface area contributed by atoms with E-state index >= 15 is 0 Å². The fourth-order valence-corrected chi connectivity index (χ4v) is 4.48. The Morgan fingerprint density at radius 3 is 2.45 bits per heavy atom. The van der Waals surface area contributed by atoms with Gasteiger partial charge in [-0.05, 0) is 63.3 Å². The number of nitrogens with zero attached hydrogens (tertiary/aromatic N) is 1. The molecule has 0 spiro atoms. The van der Waals surface area contributed by atoms with Crippen LogP contribution in [0.25, 0.3) is 0 Å². The molecule has 6 unspecified atom stereocenters. The summed E-state index contributed by atoms with van der Waals surface area (Å²) in [4.78, 5) is 2.86. The first kappa shape index (κ1) is 16.3. The Balaban J connectivity index is 2.07. The Labute approximate surface area is 126 Å². The first-order valence-electron chi connectivity index (χ1n) is 9.02. The predicted molar refractivity (Wildman–Crippen MR) is 88.0 cm³/mol. The molecule has 0 bridgehead atoms. The van der Waals surface area contributed by atoms with Gasteiger partial charge in [0.15, 0.2) is 0 Å². The molecule has 1 aliphatic carbocycles. The van der Waals surface area contributed by atoms with Crippen molar-refractivity contribution in [2.45, 2.75) is 84.8 Å². The summed E-state index contributed by atoms with van der Waals surface area (Å²) < 4.78 is 0. The maximum atomic E-state index is 3.85. The second-order valence-electron chi connectivity index (χ2n) is 7.80. The molecule has 2 aliphatic rings. The Morgan fingerprint density at radius 2 is 1.75 bits per heavy atom. The summed E-state index contributed by atoms with van der Waals surface area (Å²) in [6, 6.07) is 2.25. The predicted octanol–water partition coefficient (Wildman–Crippen LogP) is 3.91. The molecule has 0 aromatic rings. The molecule has 2 rings (SSSR count). The highest BCUT2D eigenvalue weighted by Crippen LogP contribution is 2.35. The zero-order valence-corrected chi connectivity index (χ0v) is 14.4. The molecule has 0 amide bonds. The highest BCUT2D eigenvalue weighted by molar-refractivity contribution is 4.95. The van der Waals surface area contributed by atoms with Crippen molar-refractivity contribution < 1.29 is 0 Å². The zero-order chi connectivity index (χ0) is 14.7.